The van der Waals surface area contributed by atoms with E-state index in [-0.39, 0.29) is 17.6 Å². The largest absolute Gasteiger partial charge is 0.488 e. The van der Waals surface area contributed by atoms with Crippen molar-refractivity contribution in [1.29, 1.82) is 0 Å². The van der Waals surface area contributed by atoms with Crippen molar-refractivity contribution in [2.45, 2.75) is 32.1 Å². The smallest absolute Gasteiger partial charge is 0.190 e. The van der Waals surface area contributed by atoms with Crippen LogP contribution in [0, 0.1) is 17.6 Å². The molecule has 1 saturated carbocycles. The molecule has 0 spiro atoms. The van der Waals surface area contributed by atoms with Crippen molar-refractivity contribution in [1.82, 2.24) is 0 Å². The van der Waals surface area contributed by atoms with Crippen LogP contribution in [0.5, 0.6) is 5.75 Å². The van der Waals surface area contributed by atoms with Crippen molar-refractivity contribution in [2.24, 2.45) is 5.92 Å². The van der Waals surface area contributed by atoms with E-state index in [1.807, 2.05) is 6.92 Å². The fourth-order valence-electron chi connectivity index (χ4n) is 2.00. The summed E-state index contributed by atoms with van der Waals surface area (Å²) in [6.45, 7) is 2.29. The quantitative estimate of drug-likeness (QED) is 0.574. The molecule has 98 valence electrons. The first-order chi connectivity index (χ1) is 8.67. The number of unbranched alkanes of at least 4 members (excludes halogenated alkanes) is 1. The Bertz CT molecular complexity index is 422. The van der Waals surface area contributed by atoms with Crippen LogP contribution < -0.4 is 4.74 Å². The predicted octanol–water partition coefficient (Wildman–Crippen LogP) is 3.45. The van der Waals surface area contributed by atoms with Gasteiger partial charge in [-0.25, -0.2) is 8.78 Å². The Hall–Kier alpha value is -1.45. The molecule has 0 N–H and O–H groups in total. The third-order valence-electron chi connectivity index (χ3n) is 3.21. The van der Waals surface area contributed by atoms with E-state index in [1.165, 1.54) is 12.1 Å². The van der Waals surface area contributed by atoms with E-state index in [1.54, 1.807) is 0 Å². The van der Waals surface area contributed by atoms with Gasteiger partial charge in [0.05, 0.1) is 6.61 Å². The summed E-state index contributed by atoms with van der Waals surface area (Å²) in [7, 11) is 0. The van der Waals surface area contributed by atoms with Crippen LogP contribution in [0.4, 0.5) is 8.78 Å². The van der Waals surface area contributed by atoms with Crippen molar-refractivity contribution in [3.05, 3.63) is 29.3 Å². The van der Waals surface area contributed by atoms with Crippen LogP contribution in [0.15, 0.2) is 12.1 Å². The van der Waals surface area contributed by atoms with E-state index in [4.69, 9.17) is 4.74 Å². The summed E-state index contributed by atoms with van der Waals surface area (Å²) in [5.41, 5.74) is 0.546. The van der Waals surface area contributed by atoms with Gasteiger partial charge < -0.3 is 9.53 Å². The van der Waals surface area contributed by atoms with Gasteiger partial charge in [0.2, 0.25) is 0 Å². The Kier molecular flexibility index (Phi) is 3.94. The average Bonchev–Trinajstić information content (AvgIpc) is 3.12. The maximum atomic E-state index is 13.7. The minimum atomic E-state index is -0.683. The van der Waals surface area contributed by atoms with Gasteiger partial charge in [0.1, 0.15) is 6.29 Å². The monoisotopic (exact) mass is 254 g/mol. The van der Waals surface area contributed by atoms with Crippen molar-refractivity contribution in [3.63, 3.8) is 0 Å². The van der Waals surface area contributed by atoms with E-state index in [2.05, 4.69) is 0 Å². The summed E-state index contributed by atoms with van der Waals surface area (Å²) < 4.78 is 32.5. The Labute approximate surface area is 105 Å². The summed E-state index contributed by atoms with van der Waals surface area (Å²) in [6.07, 6.45) is 3.19. The first kappa shape index (κ1) is 13.0. The zero-order valence-electron chi connectivity index (χ0n) is 10.3. The first-order valence-electron chi connectivity index (χ1n) is 6.24. The molecule has 18 heavy (non-hydrogen) atoms. The van der Waals surface area contributed by atoms with Crippen LogP contribution >= 0.6 is 0 Å². The van der Waals surface area contributed by atoms with E-state index in [0.717, 1.165) is 19.1 Å². The lowest BCUT2D eigenvalue weighted by molar-refractivity contribution is -0.108. The summed E-state index contributed by atoms with van der Waals surface area (Å²) >= 11 is 0. The minimum Gasteiger partial charge on any atom is -0.488 e. The highest BCUT2D eigenvalue weighted by Gasteiger charge is 2.38. The van der Waals surface area contributed by atoms with Gasteiger partial charge in [-0.2, -0.15) is 0 Å². The van der Waals surface area contributed by atoms with E-state index >= 15 is 0 Å². The highest BCUT2D eigenvalue weighted by atomic mass is 19.1. The number of halogens is 2. The second-order valence-electron chi connectivity index (χ2n) is 4.66. The van der Waals surface area contributed by atoms with Gasteiger partial charge in [-0.15, -0.1) is 0 Å². The van der Waals surface area contributed by atoms with Crippen molar-refractivity contribution >= 4 is 6.29 Å². The molecule has 1 aliphatic carbocycles. The molecule has 0 aromatic heterocycles. The Morgan fingerprint density at radius 3 is 2.56 bits per heavy atom. The standard InChI is InChI=1S/C14H16F2O2/c1-2-3-4-18-14-12(15)6-9(7-13(14)16)11-5-10(11)8-17/h6-8,10-11H,2-5H2,1H3. The predicted molar refractivity (Wildman–Crippen MR) is 63.7 cm³/mol. The van der Waals surface area contributed by atoms with E-state index in [0.29, 0.717) is 18.6 Å². The molecule has 2 nitrogen and oxygen atoms in total. The molecule has 2 rings (SSSR count). The molecule has 0 radical (unpaired) electrons. The van der Waals surface area contributed by atoms with Gasteiger partial charge in [0.25, 0.3) is 0 Å². The van der Waals surface area contributed by atoms with Crippen LogP contribution in [0.25, 0.3) is 0 Å². The van der Waals surface area contributed by atoms with Crippen molar-refractivity contribution in [2.75, 3.05) is 6.61 Å². The zero-order valence-corrected chi connectivity index (χ0v) is 10.3. The van der Waals surface area contributed by atoms with Crippen LogP contribution in [0.2, 0.25) is 0 Å². The molecule has 1 aliphatic rings. The molecule has 2 unspecified atom stereocenters. The van der Waals surface area contributed by atoms with Crippen LogP contribution in [-0.2, 0) is 4.79 Å². The van der Waals surface area contributed by atoms with Crippen LogP contribution in [0.3, 0.4) is 0 Å². The number of hydrogen-bond acceptors (Lipinski definition) is 2. The zero-order chi connectivity index (χ0) is 13.1. The second-order valence-corrected chi connectivity index (χ2v) is 4.66. The SMILES string of the molecule is CCCCOc1c(F)cc(C2CC2C=O)cc1F. The molecular weight excluding hydrogens is 238 g/mol. The Morgan fingerprint density at radius 1 is 1.39 bits per heavy atom. The van der Waals surface area contributed by atoms with Gasteiger partial charge in [-0.3, -0.25) is 0 Å². The maximum absolute atomic E-state index is 13.7. The Balaban J connectivity index is 2.11. The summed E-state index contributed by atoms with van der Waals surface area (Å²) in [5.74, 6) is -1.79. The number of hydrogen-bond donors (Lipinski definition) is 0. The lowest BCUT2D eigenvalue weighted by Crippen LogP contribution is -2.02. The topological polar surface area (TPSA) is 26.3 Å². The van der Waals surface area contributed by atoms with Gasteiger partial charge in [-0.1, -0.05) is 13.3 Å². The number of ether oxygens (including phenoxy) is 1. The highest BCUT2D eigenvalue weighted by Crippen LogP contribution is 2.47. The number of aldehydes is 1. The fraction of sp³-hybridized carbons (Fsp3) is 0.500. The molecule has 0 heterocycles. The summed E-state index contributed by atoms with van der Waals surface area (Å²) in [5, 5.41) is 0. The fourth-order valence-corrected chi connectivity index (χ4v) is 2.00. The van der Waals surface area contributed by atoms with E-state index < -0.39 is 11.6 Å². The van der Waals surface area contributed by atoms with Gasteiger partial charge in [0, 0.05) is 5.92 Å². The van der Waals surface area contributed by atoms with Gasteiger partial charge in [0.15, 0.2) is 17.4 Å². The number of carbonyl (C=O) groups excluding carboxylic acids is 1. The lowest BCUT2D eigenvalue weighted by Gasteiger charge is -2.09. The molecule has 1 fully saturated rings. The maximum Gasteiger partial charge on any atom is 0.190 e. The Morgan fingerprint density at radius 2 is 2.06 bits per heavy atom. The molecular formula is C14H16F2O2. The van der Waals surface area contributed by atoms with Crippen molar-refractivity contribution < 1.29 is 18.3 Å². The number of carbonyl (C=O) groups is 1. The average molecular weight is 254 g/mol. The molecule has 1 aromatic carbocycles. The molecule has 4 heteroatoms. The summed E-state index contributed by atoms with van der Waals surface area (Å²) in [6, 6.07) is 2.55. The number of rotatable bonds is 6. The summed E-state index contributed by atoms with van der Waals surface area (Å²) in [4.78, 5) is 10.5. The molecule has 0 amide bonds. The molecule has 1 aromatic rings. The number of benzene rings is 1. The minimum absolute atomic E-state index is 0.0313. The molecule has 0 aliphatic heterocycles. The molecule has 0 bridgehead atoms. The van der Waals surface area contributed by atoms with Crippen LogP contribution in [0.1, 0.15) is 37.7 Å². The third kappa shape index (κ3) is 2.68. The van der Waals surface area contributed by atoms with E-state index in [9.17, 15) is 13.6 Å². The van der Waals surface area contributed by atoms with Crippen LogP contribution in [-0.4, -0.2) is 12.9 Å². The molecule has 0 saturated heterocycles. The lowest BCUT2D eigenvalue weighted by atomic mass is 10.1. The normalized spacial score (nSPS) is 21.7. The first-order valence-corrected chi connectivity index (χ1v) is 6.24. The van der Waals surface area contributed by atoms with Gasteiger partial charge in [-0.05, 0) is 36.5 Å². The highest BCUT2D eigenvalue weighted by molar-refractivity contribution is 5.61. The van der Waals surface area contributed by atoms with Crippen molar-refractivity contribution in [3.8, 4) is 5.75 Å². The third-order valence-corrected chi connectivity index (χ3v) is 3.21. The van der Waals surface area contributed by atoms with Gasteiger partial charge >= 0.3 is 0 Å². The second kappa shape index (κ2) is 5.46. The molecule has 2 atom stereocenters.